The summed E-state index contributed by atoms with van der Waals surface area (Å²) >= 11 is 6.27. The lowest BCUT2D eigenvalue weighted by Crippen LogP contribution is -2.24. The molecule has 11 heteroatoms. The predicted octanol–water partition coefficient (Wildman–Crippen LogP) is 6.03. The van der Waals surface area contributed by atoms with E-state index in [1.165, 1.54) is 6.08 Å². The summed E-state index contributed by atoms with van der Waals surface area (Å²) in [6.07, 6.45) is -0.716. The largest absolute Gasteiger partial charge is 0.456 e. The minimum atomic E-state index is -4.88. The van der Waals surface area contributed by atoms with Gasteiger partial charge in [-0.1, -0.05) is 17.7 Å². The van der Waals surface area contributed by atoms with Gasteiger partial charge in [-0.15, -0.1) is 0 Å². The molecule has 186 valence electrons. The highest BCUT2D eigenvalue weighted by atomic mass is 35.5. The maximum atomic E-state index is 13.4. The molecule has 6 nitrogen and oxygen atoms in total. The molecule has 36 heavy (non-hydrogen) atoms. The van der Waals surface area contributed by atoms with E-state index in [2.05, 4.69) is 15.3 Å². The molecule has 1 aliphatic rings. The molecule has 1 aliphatic heterocycles. The Morgan fingerprint density at radius 2 is 1.97 bits per heavy atom. The Kier molecular flexibility index (Phi) is 7.25. The first-order valence-corrected chi connectivity index (χ1v) is 11.0. The van der Waals surface area contributed by atoms with Gasteiger partial charge in [0.2, 0.25) is 5.91 Å². The number of alkyl halides is 3. The van der Waals surface area contributed by atoms with Crippen LogP contribution in [-0.4, -0.2) is 41.8 Å². The molecule has 0 aliphatic carbocycles. The number of nitrogens with zero attached hydrogens (tertiary/aromatic N) is 3. The second-order valence-electron chi connectivity index (χ2n) is 7.81. The Morgan fingerprint density at radius 3 is 2.69 bits per heavy atom. The van der Waals surface area contributed by atoms with Gasteiger partial charge in [0.15, 0.2) is 0 Å². The average Bonchev–Trinajstić information content (AvgIpc) is 3.26. The van der Waals surface area contributed by atoms with Gasteiger partial charge in [-0.05, 0) is 48.0 Å². The van der Waals surface area contributed by atoms with Crippen LogP contribution in [0.1, 0.15) is 16.8 Å². The highest BCUT2D eigenvalue weighted by molar-refractivity contribution is 6.32. The molecule has 2 heterocycles. The van der Waals surface area contributed by atoms with Crippen molar-refractivity contribution in [2.24, 2.45) is 4.99 Å². The first-order chi connectivity index (χ1) is 17.1. The lowest BCUT2D eigenvalue weighted by Gasteiger charge is -2.14. The zero-order valence-electron chi connectivity index (χ0n) is 18.8. The zero-order chi connectivity index (χ0) is 25.9. The second kappa shape index (κ2) is 10.4. The Labute approximate surface area is 208 Å². The molecule has 3 aromatic rings. The number of hydrogen-bond donors (Lipinski definition) is 1. The standard InChI is InChI=1S/C25H19ClF4N4O2/c1-34-11-10-32-24(34)21-14-17(8-9-31-21)36-22-12-15(2-5-19(22)26)3-7-23(35)33-16-4-6-20(27)18(13-16)25(28,29)30/h2-9,12-14H,10-11H2,1H3,(H,33,35)/b7-3+. The van der Waals surface area contributed by atoms with Crippen molar-refractivity contribution in [2.75, 3.05) is 25.5 Å². The van der Waals surface area contributed by atoms with E-state index in [9.17, 15) is 22.4 Å². The van der Waals surface area contributed by atoms with Crippen LogP contribution in [-0.2, 0) is 11.0 Å². The zero-order valence-corrected chi connectivity index (χ0v) is 19.6. The molecule has 0 fully saturated rings. The summed E-state index contributed by atoms with van der Waals surface area (Å²) < 4.78 is 58.0. The van der Waals surface area contributed by atoms with Crippen LogP contribution in [0.2, 0.25) is 5.02 Å². The van der Waals surface area contributed by atoms with Crippen molar-refractivity contribution < 1.29 is 27.1 Å². The van der Waals surface area contributed by atoms with Gasteiger partial charge >= 0.3 is 6.18 Å². The Morgan fingerprint density at radius 1 is 1.17 bits per heavy atom. The number of carbonyl (C=O) groups is 1. The number of nitrogens with one attached hydrogen (secondary N) is 1. The van der Waals surface area contributed by atoms with Crippen molar-refractivity contribution in [3.63, 3.8) is 0 Å². The van der Waals surface area contributed by atoms with Crippen molar-refractivity contribution in [2.45, 2.75) is 6.18 Å². The molecule has 0 saturated heterocycles. The van der Waals surface area contributed by atoms with Crippen molar-refractivity contribution >= 4 is 35.1 Å². The van der Waals surface area contributed by atoms with E-state index < -0.39 is 23.5 Å². The Hall–Kier alpha value is -3.92. The molecule has 0 bridgehead atoms. The van der Waals surface area contributed by atoms with Gasteiger partial charge < -0.3 is 15.0 Å². The van der Waals surface area contributed by atoms with Crippen LogP contribution in [0.25, 0.3) is 6.08 Å². The summed E-state index contributed by atoms with van der Waals surface area (Å²) in [4.78, 5) is 23.0. The molecule has 0 saturated carbocycles. The fourth-order valence-electron chi connectivity index (χ4n) is 3.41. The number of pyridine rings is 1. The van der Waals surface area contributed by atoms with Gasteiger partial charge in [-0.3, -0.25) is 14.8 Å². The number of amides is 1. The smallest absolute Gasteiger partial charge is 0.419 e. The van der Waals surface area contributed by atoms with Gasteiger partial charge in [0.25, 0.3) is 0 Å². The van der Waals surface area contributed by atoms with Crippen LogP contribution in [0, 0.1) is 5.82 Å². The number of aliphatic imine (C=N–C) groups is 1. The van der Waals surface area contributed by atoms with Gasteiger partial charge in [0, 0.05) is 37.6 Å². The molecule has 4 rings (SSSR count). The van der Waals surface area contributed by atoms with Crippen molar-refractivity contribution in [3.8, 4) is 11.5 Å². The number of amidine groups is 1. The third-order valence-electron chi connectivity index (χ3n) is 5.17. The Balaban J connectivity index is 1.46. The van der Waals surface area contributed by atoms with Gasteiger partial charge in [-0.2, -0.15) is 13.2 Å². The summed E-state index contributed by atoms with van der Waals surface area (Å²) in [7, 11) is 1.93. The molecule has 2 aromatic carbocycles. The van der Waals surface area contributed by atoms with E-state index in [0.717, 1.165) is 24.5 Å². The van der Waals surface area contributed by atoms with E-state index in [1.807, 2.05) is 11.9 Å². The molecular weight excluding hydrogens is 500 g/mol. The summed E-state index contributed by atoms with van der Waals surface area (Å²) in [5.74, 6) is -0.550. The highest BCUT2D eigenvalue weighted by Gasteiger charge is 2.34. The van der Waals surface area contributed by atoms with Crippen molar-refractivity contribution in [1.29, 1.82) is 0 Å². The van der Waals surface area contributed by atoms with Crippen LogP contribution in [0.4, 0.5) is 23.2 Å². The molecule has 0 radical (unpaired) electrons. The van der Waals surface area contributed by atoms with Crippen molar-refractivity contribution in [3.05, 3.63) is 88.5 Å². The SMILES string of the molecule is CN1CCN=C1c1cc(Oc2cc(/C=C/C(=O)Nc3ccc(F)c(C(F)(F)F)c3)ccc2Cl)ccn1. The predicted molar refractivity (Wildman–Crippen MR) is 129 cm³/mol. The number of anilines is 1. The monoisotopic (exact) mass is 518 g/mol. The number of likely N-dealkylation sites (N-methyl/N-ethyl adjacent to an activating group) is 1. The maximum absolute atomic E-state index is 13.4. The van der Waals surface area contributed by atoms with Crippen molar-refractivity contribution in [1.82, 2.24) is 9.88 Å². The van der Waals surface area contributed by atoms with E-state index in [-0.39, 0.29) is 5.69 Å². The van der Waals surface area contributed by atoms with Crippen LogP contribution < -0.4 is 10.1 Å². The van der Waals surface area contributed by atoms with E-state index in [4.69, 9.17) is 16.3 Å². The van der Waals surface area contributed by atoms with Crippen LogP contribution >= 0.6 is 11.6 Å². The first-order valence-electron chi connectivity index (χ1n) is 10.7. The van der Waals surface area contributed by atoms with E-state index >= 15 is 0 Å². The van der Waals surface area contributed by atoms with E-state index in [0.29, 0.717) is 46.5 Å². The van der Waals surface area contributed by atoms with Gasteiger partial charge in [-0.25, -0.2) is 4.39 Å². The van der Waals surface area contributed by atoms with Crippen LogP contribution in [0.3, 0.4) is 0 Å². The number of benzene rings is 2. The quantitative estimate of drug-likeness (QED) is 0.320. The number of rotatable bonds is 6. The number of aromatic nitrogens is 1. The molecule has 0 atom stereocenters. The molecule has 1 aromatic heterocycles. The summed E-state index contributed by atoms with van der Waals surface area (Å²) in [6, 6.07) is 10.5. The minimum absolute atomic E-state index is 0.190. The number of ether oxygens (including phenoxy) is 1. The lowest BCUT2D eigenvalue weighted by molar-refractivity contribution is -0.140. The van der Waals surface area contributed by atoms with Crippen LogP contribution in [0.15, 0.2) is 65.8 Å². The van der Waals surface area contributed by atoms with Crippen LogP contribution in [0.5, 0.6) is 11.5 Å². The molecule has 1 N–H and O–H groups in total. The number of carbonyl (C=O) groups excluding carboxylic acids is 1. The number of hydrogen-bond acceptors (Lipinski definition) is 5. The number of halogens is 5. The topological polar surface area (TPSA) is 66.8 Å². The normalized spacial score (nSPS) is 13.7. The molecular formula is C25H19ClF4N4O2. The lowest BCUT2D eigenvalue weighted by atomic mass is 10.1. The Bertz CT molecular complexity index is 1360. The first kappa shape index (κ1) is 25.2. The minimum Gasteiger partial charge on any atom is -0.456 e. The average molecular weight is 519 g/mol. The maximum Gasteiger partial charge on any atom is 0.419 e. The molecule has 1 amide bonds. The molecule has 0 unspecified atom stereocenters. The summed E-state index contributed by atoms with van der Waals surface area (Å²) in [6.45, 7) is 1.50. The third-order valence-corrected chi connectivity index (χ3v) is 5.48. The molecule has 0 spiro atoms. The van der Waals surface area contributed by atoms with Gasteiger partial charge in [0.1, 0.15) is 28.8 Å². The second-order valence-corrected chi connectivity index (χ2v) is 8.22. The van der Waals surface area contributed by atoms with E-state index in [1.54, 1.807) is 36.5 Å². The fourth-order valence-corrected chi connectivity index (χ4v) is 3.57. The highest BCUT2D eigenvalue weighted by Crippen LogP contribution is 2.33. The fraction of sp³-hybridized carbons (Fsp3) is 0.160. The van der Waals surface area contributed by atoms with Gasteiger partial charge in [0.05, 0.1) is 17.1 Å². The third kappa shape index (κ3) is 6.01. The summed E-state index contributed by atoms with van der Waals surface area (Å²) in [5, 5.41) is 2.61. The summed E-state index contributed by atoms with van der Waals surface area (Å²) in [5.41, 5.74) is -0.446.